The molecule has 1 aliphatic carbocycles. The molecule has 2 aromatic rings. The first-order valence-electron chi connectivity index (χ1n) is 15.7. The van der Waals surface area contributed by atoms with E-state index in [-0.39, 0.29) is 11.6 Å². The zero-order valence-corrected chi connectivity index (χ0v) is 23.0. The Balaban J connectivity index is 1.42. The van der Waals surface area contributed by atoms with Crippen molar-refractivity contribution in [3.05, 3.63) is 35.5 Å². The number of carbonyl (C=O) groups excluding carboxylic acids is 1. The van der Waals surface area contributed by atoms with Gasteiger partial charge in [0.05, 0.1) is 0 Å². The predicted octanol–water partition coefficient (Wildman–Crippen LogP) is 6.89. The SMILES string of the molecule is O=C(c1ccc2c(C(C3CCC3)(N3CCCCCC3)N3CCCCCC3)c[nH]c2c1)N1CCCCCC1. The van der Waals surface area contributed by atoms with Crippen molar-refractivity contribution < 1.29 is 4.79 Å². The third-order valence-corrected chi connectivity index (χ3v) is 10.1. The van der Waals surface area contributed by atoms with Crippen molar-refractivity contribution in [1.29, 1.82) is 0 Å². The van der Waals surface area contributed by atoms with E-state index >= 15 is 0 Å². The molecular formula is C32H48N4O. The zero-order valence-electron chi connectivity index (χ0n) is 23.0. The van der Waals surface area contributed by atoms with E-state index in [1.807, 2.05) is 0 Å². The number of fused-ring (bicyclic) bond motifs is 1. The molecule has 5 nitrogen and oxygen atoms in total. The smallest absolute Gasteiger partial charge is 0.253 e. The summed E-state index contributed by atoms with van der Waals surface area (Å²) in [6, 6.07) is 6.57. The standard InChI is InChI=1S/C32H48N4O/c37-31(34-18-7-1-2-8-19-34)26-16-17-28-29(25-33-30(28)24-26)32(27-14-13-15-27,35-20-9-3-4-10-21-35)36-22-11-5-6-12-23-36/h16-17,24-25,27,33H,1-15,18-23H2. The number of hydrogen-bond donors (Lipinski definition) is 1. The first-order chi connectivity index (χ1) is 18.3. The molecule has 5 heteroatoms. The van der Waals surface area contributed by atoms with Crippen LogP contribution in [-0.2, 0) is 5.66 Å². The van der Waals surface area contributed by atoms with Crippen LogP contribution in [0, 0.1) is 5.92 Å². The van der Waals surface area contributed by atoms with Crippen LogP contribution in [0.3, 0.4) is 0 Å². The third kappa shape index (κ3) is 4.87. The summed E-state index contributed by atoms with van der Waals surface area (Å²) in [7, 11) is 0. The Morgan fingerprint density at radius 3 is 1.76 bits per heavy atom. The van der Waals surface area contributed by atoms with E-state index in [0.717, 1.165) is 37.0 Å². The summed E-state index contributed by atoms with van der Waals surface area (Å²) in [6.07, 6.45) is 21.9. The number of nitrogens with zero attached hydrogens (tertiary/aromatic N) is 3. The Hall–Kier alpha value is -1.85. The number of nitrogens with one attached hydrogen (secondary N) is 1. The van der Waals surface area contributed by atoms with E-state index in [0.29, 0.717) is 5.92 Å². The van der Waals surface area contributed by atoms with Gasteiger partial charge in [0.2, 0.25) is 0 Å². The summed E-state index contributed by atoms with van der Waals surface area (Å²) in [6.45, 7) is 6.66. The van der Waals surface area contributed by atoms with Gasteiger partial charge in [0.25, 0.3) is 5.91 Å². The van der Waals surface area contributed by atoms with E-state index in [4.69, 9.17) is 0 Å². The topological polar surface area (TPSA) is 42.6 Å². The maximum absolute atomic E-state index is 13.4. The van der Waals surface area contributed by atoms with Crippen molar-refractivity contribution in [2.24, 2.45) is 5.92 Å². The van der Waals surface area contributed by atoms with Crippen molar-refractivity contribution in [2.75, 3.05) is 39.3 Å². The number of carbonyl (C=O) groups is 1. The molecule has 1 aromatic carbocycles. The van der Waals surface area contributed by atoms with Crippen molar-refractivity contribution in [2.45, 2.75) is 102 Å². The molecule has 0 unspecified atom stereocenters. The highest BCUT2D eigenvalue weighted by molar-refractivity contribution is 5.98. The molecule has 1 N–H and O–H groups in total. The van der Waals surface area contributed by atoms with Gasteiger partial charge in [-0.05, 0) is 69.4 Å². The Bertz CT molecular complexity index is 1010. The van der Waals surface area contributed by atoms with Gasteiger partial charge in [0.15, 0.2) is 0 Å². The summed E-state index contributed by atoms with van der Waals surface area (Å²) < 4.78 is 0. The molecule has 6 rings (SSSR count). The normalized spacial score (nSPS) is 23.8. The minimum atomic E-state index is -0.0124. The largest absolute Gasteiger partial charge is 0.361 e. The van der Waals surface area contributed by atoms with Gasteiger partial charge in [-0.1, -0.05) is 51.0 Å². The van der Waals surface area contributed by atoms with Crippen molar-refractivity contribution >= 4 is 16.8 Å². The minimum absolute atomic E-state index is 0.0124. The highest BCUT2D eigenvalue weighted by atomic mass is 16.2. The van der Waals surface area contributed by atoms with Crippen LogP contribution in [0.15, 0.2) is 24.4 Å². The molecule has 1 amide bonds. The summed E-state index contributed by atoms with van der Waals surface area (Å²) in [5, 5.41) is 1.34. The fraction of sp³-hybridized carbons (Fsp3) is 0.719. The molecule has 0 atom stereocenters. The van der Waals surface area contributed by atoms with Gasteiger partial charge in [0.1, 0.15) is 5.66 Å². The van der Waals surface area contributed by atoms with Crippen LogP contribution in [0.2, 0.25) is 0 Å². The van der Waals surface area contributed by atoms with Gasteiger partial charge in [-0.25, -0.2) is 0 Å². The Kier molecular flexibility index (Phi) is 7.90. The van der Waals surface area contributed by atoms with Crippen molar-refractivity contribution in [3.8, 4) is 0 Å². The van der Waals surface area contributed by atoms with Gasteiger partial charge in [0, 0.05) is 67.5 Å². The summed E-state index contributed by atoms with van der Waals surface area (Å²) in [5.74, 6) is 0.909. The Morgan fingerprint density at radius 1 is 0.703 bits per heavy atom. The average Bonchev–Trinajstić information content (AvgIpc) is 3.22. The lowest BCUT2D eigenvalue weighted by Crippen LogP contribution is -2.64. The summed E-state index contributed by atoms with van der Waals surface area (Å²) >= 11 is 0. The molecule has 3 saturated heterocycles. The highest BCUT2D eigenvalue weighted by Gasteiger charge is 2.52. The van der Waals surface area contributed by atoms with E-state index in [1.54, 1.807) is 0 Å². The van der Waals surface area contributed by atoms with Crippen LogP contribution in [0.4, 0.5) is 0 Å². The molecule has 0 bridgehead atoms. The van der Waals surface area contributed by atoms with Crippen LogP contribution >= 0.6 is 0 Å². The zero-order chi connectivity index (χ0) is 25.1. The number of aromatic amines is 1. The second-order valence-corrected chi connectivity index (χ2v) is 12.3. The molecule has 1 saturated carbocycles. The number of rotatable bonds is 5. The number of aromatic nitrogens is 1. The molecule has 0 spiro atoms. The number of H-pyrrole nitrogens is 1. The van der Waals surface area contributed by atoms with Crippen LogP contribution in [0.1, 0.15) is 112 Å². The lowest BCUT2D eigenvalue weighted by Gasteiger charge is -2.57. The van der Waals surface area contributed by atoms with Crippen molar-refractivity contribution in [3.63, 3.8) is 0 Å². The molecule has 37 heavy (non-hydrogen) atoms. The molecular weight excluding hydrogens is 456 g/mol. The van der Waals surface area contributed by atoms with Gasteiger partial charge in [-0.2, -0.15) is 0 Å². The van der Waals surface area contributed by atoms with E-state index in [9.17, 15) is 4.79 Å². The molecule has 0 radical (unpaired) electrons. The lowest BCUT2D eigenvalue weighted by atomic mass is 9.70. The second-order valence-electron chi connectivity index (χ2n) is 12.3. The van der Waals surface area contributed by atoms with E-state index < -0.39 is 0 Å². The van der Waals surface area contributed by atoms with E-state index in [1.165, 1.54) is 121 Å². The summed E-state index contributed by atoms with van der Waals surface area (Å²) in [5.41, 5.74) is 3.47. The molecule has 4 heterocycles. The third-order valence-electron chi connectivity index (χ3n) is 10.1. The first-order valence-corrected chi connectivity index (χ1v) is 15.7. The fourth-order valence-electron chi connectivity index (χ4n) is 7.93. The van der Waals surface area contributed by atoms with Crippen LogP contribution in [0.5, 0.6) is 0 Å². The maximum atomic E-state index is 13.4. The maximum Gasteiger partial charge on any atom is 0.253 e. The lowest BCUT2D eigenvalue weighted by molar-refractivity contribution is -0.128. The predicted molar refractivity (Wildman–Crippen MR) is 152 cm³/mol. The molecule has 202 valence electrons. The first kappa shape index (κ1) is 25.4. The second kappa shape index (κ2) is 11.5. The quantitative estimate of drug-likeness (QED) is 0.482. The molecule has 4 aliphatic rings. The summed E-state index contributed by atoms with van der Waals surface area (Å²) in [4.78, 5) is 25.1. The number of benzene rings is 1. The van der Waals surface area contributed by atoms with Gasteiger partial charge in [-0.3, -0.25) is 14.6 Å². The van der Waals surface area contributed by atoms with Gasteiger partial charge >= 0.3 is 0 Å². The van der Waals surface area contributed by atoms with Crippen LogP contribution in [0.25, 0.3) is 10.9 Å². The Morgan fingerprint density at radius 2 is 1.24 bits per heavy atom. The minimum Gasteiger partial charge on any atom is -0.361 e. The molecule has 1 aromatic heterocycles. The monoisotopic (exact) mass is 504 g/mol. The van der Waals surface area contributed by atoms with E-state index in [2.05, 4.69) is 44.1 Å². The molecule has 3 aliphatic heterocycles. The average molecular weight is 505 g/mol. The molecule has 4 fully saturated rings. The van der Waals surface area contributed by atoms with Gasteiger partial charge < -0.3 is 9.88 Å². The highest BCUT2D eigenvalue weighted by Crippen LogP contribution is 2.51. The number of amides is 1. The van der Waals surface area contributed by atoms with Gasteiger partial charge in [-0.15, -0.1) is 0 Å². The van der Waals surface area contributed by atoms with Crippen molar-refractivity contribution in [1.82, 2.24) is 19.7 Å². The number of likely N-dealkylation sites (tertiary alicyclic amines) is 3. The Labute approximate surface area is 223 Å². The van der Waals surface area contributed by atoms with Crippen LogP contribution < -0.4 is 0 Å². The number of hydrogen-bond acceptors (Lipinski definition) is 3. The fourth-order valence-corrected chi connectivity index (χ4v) is 7.93. The van der Waals surface area contributed by atoms with Crippen LogP contribution in [-0.4, -0.2) is 64.9 Å².